The number of hydrogen-bond donors (Lipinski definition) is 0. The molecule has 1 aliphatic rings. The first-order valence-corrected chi connectivity index (χ1v) is 12.0. The monoisotopic (exact) mass is 559 g/mol. The smallest absolute Gasteiger partial charge is 0.328 e. The van der Waals surface area contributed by atoms with Gasteiger partial charge in [0.15, 0.2) is 23.0 Å². The third-order valence-electron chi connectivity index (χ3n) is 6.18. The van der Waals surface area contributed by atoms with Crippen molar-refractivity contribution in [2.75, 3.05) is 41.1 Å². The summed E-state index contributed by atoms with van der Waals surface area (Å²) in [5.41, 5.74) is 0.0981. The summed E-state index contributed by atoms with van der Waals surface area (Å²) in [6.07, 6.45) is 0.480. The Morgan fingerprint density at radius 1 is 0.925 bits per heavy atom. The first kappa shape index (κ1) is 29.7. The Hall–Kier alpha value is -4.88. The zero-order chi connectivity index (χ0) is 29.6. The molecule has 1 unspecified atom stereocenters. The summed E-state index contributed by atoms with van der Waals surface area (Å²) in [5.74, 6) is -0.798. The molecule has 1 atom stereocenters. The first-order valence-electron chi connectivity index (χ1n) is 12.0. The molecule has 0 radical (unpaired) electrons. The van der Waals surface area contributed by atoms with Crippen LogP contribution in [-0.4, -0.2) is 73.8 Å². The molecule has 1 heterocycles. The zero-order valence-electron chi connectivity index (χ0n) is 22.5. The van der Waals surface area contributed by atoms with Crippen LogP contribution in [0.3, 0.4) is 0 Å². The van der Waals surface area contributed by atoms with Gasteiger partial charge in [-0.1, -0.05) is 12.2 Å². The Bertz CT molecular complexity index is 1340. The second kappa shape index (κ2) is 12.8. The minimum Gasteiger partial charge on any atom is -0.493 e. The summed E-state index contributed by atoms with van der Waals surface area (Å²) < 4.78 is 26.6. The van der Waals surface area contributed by atoms with E-state index < -0.39 is 33.5 Å². The minimum absolute atomic E-state index is 0.0182. The number of ether oxygens (including phenoxy) is 5. The van der Waals surface area contributed by atoms with E-state index in [9.17, 15) is 29.8 Å². The molecule has 0 aromatic heterocycles. The number of nitro groups is 2. The Morgan fingerprint density at radius 2 is 1.48 bits per heavy atom. The van der Waals surface area contributed by atoms with Gasteiger partial charge in [-0.2, -0.15) is 0 Å². The van der Waals surface area contributed by atoms with Crippen molar-refractivity contribution < 1.29 is 43.1 Å². The fraction of sp³-hybridized carbons (Fsp3) is 0.385. The fourth-order valence-electron chi connectivity index (χ4n) is 4.20. The SMILES string of the molecule is C=C1CC(C(=O)OC)N(C(=O)c2cc(OC)c(OCCCOc3cc([N+](=O)[O-])c(C)cc3OC)cc2[N+](=O)[O-])C1. The van der Waals surface area contributed by atoms with Crippen LogP contribution in [0, 0.1) is 27.2 Å². The summed E-state index contributed by atoms with van der Waals surface area (Å²) in [7, 11) is 3.92. The number of carbonyl (C=O) groups excluding carboxylic acids is 2. The number of methoxy groups -OCH3 is 3. The van der Waals surface area contributed by atoms with Crippen molar-refractivity contribution in [2.45, 2.75) is 25.8 Å². The summed E-state index contributed by atoms with van der Waals surface area (Å²) >= 11 is 0. The molecule has 214 valence electrons. The number of benzene rings is 2. The minimum atomic E-state index is -0.944. The largest absolute Gasteiger partial charge is 0.493 e. The van der Waals surface area contributed by atoms with Crippen molar-refractivity contribution in [3.63, 3.8) is 0 Å². The number of nitrogens with zero attached hydrogens (tertiary/aromatic N) is 3. The first-order chi connectivity index (χ1) is 19.0. The van der Waals surface area contributed by atoms with Crippen LogP contribution >= 0.6 is 0 Å². The van der Waals surface area contributed by atoms with Crippen LogP contribution in [0.5, 0.6) is 23.0 Å². The summed E-state index contributed by atoms with van der Waals surface area (Å²) in [5, 5.41) is 23.1. The second-order valence-electron chi connectivity index (χ2n) is 8.80. The number of amides is 1. The van der Waals surface area contributed by atoms with Crippen molar-refractivity contribution in [1.29, 1.82) is 0 Å². The lowest BCUT2D eigenvalue weighted by molar-refractivity contribution is -0.385. The van der Waals surface area contributed by atoms with Gasteiger partial charge in [0, 0.05) is 31.0 Å². The van der Waals surface area contributed by atoms with Crippen LogP contribution in [0.2, 0.25) is 0 Å². The number of carbonyl (C=O) groups is 2. The van der Waals surface area contributed by atoms with E-state index in [1.807, 2.05) is 0 Å². The highest BCUT2D eigenvalue weighted by Gasteiger charge is 2.39. The Labute approximate surface area is 229 Å². The summed E-state index contributed by atoms with van der Waals surface area (Å²) in [4.78, 5) is 48.5. The van der Waals surface area contributed by atoms with Crippen LogP contribution in [0.25, 0.3) is 0 Å². The van der Waals surface area contributed by atoms with E-state index in [4.69, 9.17) is 23.7 Å². The van der Waals surface area contributed by atoms with Gasteiger partial charge in [0.1, 0.15) is 11.6 Å². The number of nitro benzene ring substituents is 2. The Morgan fingerprint density at radius 3 is 2.00 bits per heavy atom. The topological polar surface area (TPSA) is 170 Å². The number of rotatable bonds is 12. The van der Waals surface area contributed by atoms with Gasteiger partial charge in [-0.15, -0.1) is 0 Å². The van der Waals surface area contributed by atoms with E-state index in [1.54, 1.807) is 6.92 Å². The van der Waals surface area contributed by atoms with Crippen molar-refractivity contribution in [2.24, 2.45) is 0 Å². The molecule has 14 nitrogen and oxygen atoms in total. The molecule has 1 amide bonds. The van der Waals surface area contributed by atoms with Crippen LogP contribution in [-0.2, 0) is 9.53 Å². The molecule has 40 heavy (non-hydrogen) atoms. The lowest BCUT2D eigenvalue weighted by Crippen LogP contribution is -2.41. The number of likely N-dealkylation sites (tertiary alicyclic amines) is 1. The predicted octanol–water partition coefficient (Wildman–Crippen LogP) is 3.62. The van der Waals surface area contributed by atoms with Gasteiger partial charge in [-0.25, -0.2) is 4.79 Å². The van der Waals surface area contributed by atoms with E-state index in [1.165, 1.54) is 44.4 Å². The van der Waals surface area contributed by atoms with Gasteiger partial charge in [-0.05, 0) is 13.0 Å². The molecule has 0 bridgehead atoms. The van der Waals surface area contributed by atoms with E-state index in [0.29, 0.717) is 23.3 Å². The maximum absolute atomic E-state index is 13.3. The Balaban J connectivity index is 1.74. The van der Waals surface area contributed by atoms with Crippen molar-refractivity contribution in [3.05, 3.63) is 67.8 Å². The average Bonchev–Trinajstić information content (AvgIpc) is 3.33. The predicted molar refractivity (Wildman–Crippen MR) is 140 cm³/mol. The Kier molecular flexibility index (Phi) is 9.48. The molecular formula is C26H29N3O11. The highest BCUT2D eigenvalue weighted by atomic mass is 16.6. The summed E-state index contributed by atoms with van der Waals surface area (Å²) in [6, 6.07) is 4.11. The zero-order valence-corrected chi connectivity index (χ0v) is 22.5. The molecule has 0 aliphatic carbocycles. The highest BCUT2D eigenvalue weighted by molar-refractivity contribution is 6.01. The molecule has 2 aromatic rings. The number of hydrogen-bond acceptors (Lipinski definition) is 11. The van der Waals surface area contributed by atoms with Gasteiger partial charge >= 0.3 is 5.97 Å². The van der Waals surface area contributed by atoms with Crippen LogP contribution in [0.15, 0.2) is 36.4 Å². The standard InChI is InChI=1S/C26H29N3O11/c1-15-9-20(26(31)38-5)27(14-15)25(30)17-11-22(37-4)24(13-19(17)29(34)35)40-8-6-7-39-23-12-18(28(32)33)16(2)10-21(23)36-3/h10-13,20H,1,6-9,14H2,2-5H3. The lowest BCUT2D eigenvalue weighted by Gasteiger charge is -2.22. The maximum atomic E-state index is 13.3. The maximum Gasteiger partial charge on any atom is 0.328 e. The van der Waals surface area contributed by atoms with Gasteiger partial charge < -0.3 is 28.6 Å². The van der Waals surface area contributed by atoms with E-state index in [0.717, 1.165) is 6.07 Å². The normalized spacial score (nSPS) is 14.4. The second-order valence-corrected chi connectivity index (χ2v) is 8.80. The molecule has 2 aromatic carbocycles. The lowest BCUT2D eigenvalue weighted by atomic mass is 10.1. The molecule has 1 saturated heterocycles. The van der Waals surface area contributed by atoms with Gasteiger partial charge in [0.25, 0.3) is 17.3 Å². The average molecular weight is 560 g/mol. The van der Waals surface area contributed by atoms with Gasteiger partial charge in [0.2, 0.25) is 0 Å². The third kappa shape index (κ3) is 6.39. The van der Waals surface area contributed by atoms with Crippen molar-refractivity contribution in [1.82, 2.24) is 4.90 Å². The van der Waals surface area contributed by atoms with Gasteiger partial charge in [0.05, 0.1) is 56.5 Å². The van der Waals surface area contributed by atoms with Crippen LogP contribution < -0.4 is 18.9 Å². The fourth-order valence-corrected chi connectivity index (χ4v) is 4.20. The molecule has 14 heteroatoms. The van der Waals surface area contributed by atoms with Crippen molar-refractivity contribution >= 4 is 23.3 Å². The molecule has 3 rings (SSSR count). The van der Waals surface area contributed by atoms with E-state index in [2.05, 4.69) is 6.58 Å². The van der Waals surface area contributed by atoms with Crippen LogP contribution in [0.1, 0.15) is 28.8 Å². The molecule has 1 aliphatic heterocycles. The third-order valence-corrected chi connectivity index (χ3v) is 6.18. The van der Waals surface area contributed by atoms with E-state index in [-0.39, 0.29) is 54.7 Å². The molecule has 0 saturated carbocycles. The highest BCUT2D eigenvalue weighted by Crippen LogP contribution is 2.37. The van der Waals surface area contributed by atoms with E-state index >= 15 is 0 Å². The number of aryl methyl sites for hydroxylation is 1. The summed E-state index contributed by atoms with van der Waals surface area (Å²) in [6.45, 7) is 5.58. The van der Waals surface area contributed by atoms with Crippen molar-refractivity contribution in [3.8, 4) is 23.0 Å². The quantitative estimate of drug-likeness (QED) is 0.122. The molecular weight excluding hydrogens is 530 g/mol. The number of esters is 1. The molecule has 1 fully saturated rings. The van der Waals surface area contributed by atoms with Gasteiger partial charge in [-0.3, -0.25) is 25.0 Å². The van der Waals surface area contributed by atoms with Crippen LogP contribution in [0.4, 0.5) is 11.4 Å². The molecule has 0 N–H and O–H groups in total. The molecule has 0 spiro atoms.